The van der Waals surface area contributed by atoms with E-state index in [1.54, 1.807) is 18.2 Å². The zero-order chi connectivity index (χ0) is 27.8. The van der Waals surface area contributed by atoms with Crippen LogP contribution in [-0.4, -0.2) is 36.3 Å². The van der Waals surface area contributed by atoms with Crippen molar-refractivity contribution in [2.45, 2.75) is 37.7 Å². The molecule has 0 radical (unpaired) electrons. The van der Waals surface area contributed by atoms with Gasteiger partial charge in [0.05, 0.1) is 6.10 Å². The minimum absolute atomic E-state index is 0.0403. The molecule has 4 N–H and O–H groups in total. The molecule has 202 valence electrons. The number of nitrogens with two attached hydrogens (primary N) is 1. The average Bonchev–Trinajstić information content (AvgIpc) is 3.35. The van der Waals surface area contributed by atoms with Crippen molar-refractivity contribution in [3.05, 3.63) is 107 Å². The van der Waals surface area contributed by atoms with E-state index in [4.69, 9.17) is 5.73 Å². The van der Waals surface area contributed by atoms with E-state index in [9.17, 15) is 19.1 Å². The van der Waals surface area contributed by atoms with Crippen molar-refractivity contribution >= 4 is 22.9 Å². The Kier molecular flexibility index (Phi) is 6.61. The number of carbonyl (C=O) groups is 1. The minimum Gasteiger partial charge on any atom is -0.393 e. The molecule has 0 atom stereocenters. The van der Waals surface area contributed by atoms with E-state index < -0.39 is 17.3 Å². The Hall–Kier alpha value is -4.83. The van der Waals surface area contributed by atoms with Crippen LogP contribution in [0.25, 0.3) is 22.3 Å². The van der Waals surface area contributed by atoms with Crippen LogP contribution in [0, 0.1) is 5.82 Å². The summed E-state index contributed by atoms with van der Waals surface area (Å²) in [5.41, 5.74) is 10.2. The molecule has 0 saturated heterocycles. The monoisotopic (exact) mass is 538 g/mol. The Labute approximate surface area is 228 Å². The molecule has 1 amide bonds. The topological polar surface area (TPSA) is 128 Å². The van der Waals surface area contributed by atoms with E-state index in [1.807, 2.05) is 16.6 Å². The molecule has 9 nitrogen and oxygen atoms in total. The maximum atomic E-state index is 13.3. The number of pyridine rings is 1. The van der Waals surface area contributed by atoms with Crippen LogP contribution in [-0.2, 0) is 0 Å². The number of nitrogen functional groups attached to an aromatic ring is 1. The van der Waals surface area contributed by atoms with Crippen LogP contribution in [0.1, 0.15) is 47.7 Å². The molecule has 40 heavy (non-hydrogen) atoms. The molecular formula is C30H27FN6O3. The lowest BCUT2D eigenvalue weighted by Crippen LogP contribution is -2.27. The minimum atomic E-state index is -0.553. The number of benzene rings is 2. The maximum Gasteiger partial charge on any atom is 0.267 e. The quantitative estimate of drug-likeness (QED) is 0.302. The van der Waals surface area contributed by atoms with E-state index in [1.165, 1.54) is 47.4 Å². The van der Waals surface area contributed by atoms with Gasteiger partial charge in [-0.2, -0.15) is 5.10 Å². The van der Waals surface area contributed by atoms with E-state index in [-0.39, 0.29) is 17.6 Å². The number of aromatic nitrogens is 4. The van der Waals surface area contributed by atoms with Crippen LogP contribution in [0.5, 0.6) is 0 Å². The summed E-state index contributed by atoms with van der Waals surface area (Å²) in [5, 5.41) is 17.2. The van der Waals surface area contributed by atoms with Gasteiger partial charge in [-0.3, -0.25) is 14.2 Å². The van der Waals surface area contributed by atoms with Gasteiger partial charge in [-0.15, -0.1) is 0 Å². The predicted octanol–water partition coefficient (Wildman–Crippen LogP) is 4.54. The summed E-state index contributed by atoms with van der Waals surface area (Å²) < 4.78 is 16.5. The van der Waals surface area contributed by atoms with Crippen LogP contribution in [0.15, 0.2) is 84.0 Å². The molecule has 3 aromatic heterocycles. The Morgan fingerprint density at radius 1 is 1.02 bits per heavy atom. The van der Waals surface area contributed by atoms with Crippen molar-refractivity contribution in [3.63, 3.8) is 0 Å². The number of anilines is 2. The Balaban J connectivity index is 1.27. The number of rotatable bonds is 5. The van der Waals surface area contributed by atoms with Crippen LogP contribution >= 0.6 is 0 Å². The third-order valence-electron chi connectivity index (χ3n) is 7.48. The third kappa shape index (κ3) is 4.73. The van der Waals surface area contributed by atoms with Gasteiger partial charge in [0.15, 0.2) is 5.82 Å². The first-order valence-electron chi connectivity index (χ1n) is 13.1. The Morgan fingerprint density at radius 3 is 2.48 bits per heavy atom. The van der Waals surface area contributed by atoms with Gasteiger partial charge in [0.1, 0.15) is 23.2 Å². The molecule has 1 fully saturated rings. The molecule has 1 aliphatic carbocycles. The van der Waals surface area contributed by atoms with Gasteiger partial charge in [0.2, 0.25) is 0 Å². The van der Waals surface area contributed by atoms with Crippen molar-refractivity contribution in [1.82, 2.24) is 19.2 Å². The van der Waals surface area contributed by atoms with E-state index in [0.717, 1.165) is 42.5 Å². The lowest BCUT2D eigenvalue weighted by atomic mass is 9.85. The number of nitrogens with zero attached hydrogens (tertiary/aromatic N) is 4. The fourth-order valence-corrected chi connectivity index (χ4v) is 5.38. The summed E-state index contributed by atoms with van der Waals surface area (Å²) in [5.74, 6) is -0.348. The molecule has 0 bridgehead atoms. The predicted molar refractivity (Wildman–Crippen MR) is 150 cm³/mol. The SMILES string of the molecule is Nc1ncnn2c1c(-c1ccc(NC(=O)c3cccn(-c4ccc(F)cc4)c3=O)cc1)cc2[C@H]1CC[C@H](O)CC1. The second-order valence-electron chi connectivity index (χ2n) is 10.00. The second-order valence-corrected chi connectivity index (χ2v) is 10.00. The van der Waals surface area contributed by atoms with E-state index in [0.29, 0.717) is 22.7 Å². The van der Waals surface area contributed by atoms with Crippen molar-refractivity contribution in [2.75, 3.05) is 11.1 Å². The lowest BCUT2D eigenvalue weighted by molar-refractivity contribution is 0.102. The van der Waals surface area contributed by atoms with Gasteiger partial charge in [0, 0.05) is 34.7 Å². The van der Waals surface area contributed by atoms with Crippen molar-refractivity contribution in [1.29, 1.82) is 0 Å². The summed E-state index contributed by atoms with van der Waals surface area (Å²) in [6.45, 7) is 0. The highest BCUT2D eigenvalue weighted by Gasteiger charge is 2.26. The lowest BCUT2D eigenvalue weighted by Gasteiger charge is -2.24. The first-order chi connectivity index (χ1) is 19.4. The van der Waals surface area contributed by atoms with E-state index >= 15 is 0 Å². The number of nitrogens with one attached hydrogen (secondary N) is 1. The summed E-state index contributed by atoms with van der Waals surface area (Å²) in [7, 11) is 0. The number of aliphatic hydroxyl groups is 1. The number of halogens is 1. The Bertz CT molecular complexity index is 1750. The smallest absolute Gasteiger partial charge is 0.267 e. The largest absolute Gasteiger partial charge is 0.393 e. The first-order valence-corrected chi connectivity index (χ1v) is 13.1. The normalized spacial score (nSPS) is 17.1. The highest BCUT2D eigenvalue weighted by atomic mass is 19.1. The molecule has 5 aromatic rings. The number of hydrogen-bond donors (Lipinski definition) is 3. The van der Waals surface area contributed by atoms with Gasteiger partial charge in [-0.1, -0.05) is 12.1 Å². The third-order valence-corrected chi connectivity index (χ3v) is 7.48. The average molecular weight is 539 g/mol. The van der Waals surface area contributed by atoms with Crippen molar-refractivity contribution in [3.8, 4) is 16.8 Å². The van der Waals surface area contributed by atoms with Gasteiger partial charge in [-0.05, 0) is 85.8 Å². The first kappa shape index (κ1) is 25.4. The number of amides is 1. The standard InChI is InChI=1S/C30H27FN6O3/c31-20-7-11-22(12-8-20)36-15-1-2-24(30(36)40)29(39)35-21-9-3-18(4-10-21)25-16-26(19-5-13-23(38)14-6-19)37-27(25)28(32)33-17-34-37/h1-4,7-12,15-17,19,23,38H,5-6,13-14H2,(H,35,39)(H2,32,33,34)/t19-,23-. The van der Waals surface area contributed by atoms with Gasteiger partial charge < -0.3 is 16.2 Å². The highest BCUT2D eigenvalue weighted by Crippen LogP contribution is 2.38. The molecule has 3 heterocycles. The maximum absolute atomic E-state index is 13.3. The summed E-state index contributed by atoms with van der Waals surface area (Å²) >= 11 is 0. The van der Waals surface area contributed by atoms with Gasteiger partial charge >= 0.3 is 0 Å². The molecule has 1 aliphatic rings. The molecule has 6 rings (SSSR count). The fourth-order valence-electron chi connectivity index (χ4n) is 5.38. The number of fused-ring (bicyclic) bond motifs is 1. The van der Waals surface area contributed by atoms with Crippen LogP contribution in [0.2, 0.25) is 0 Å². The van der Waals surface area contributed by atoms with Crippen LogP contribution in [0.3, 0.4) is 0 Å². The fraction of sp³-hybridized carbons (Fsp3) is 0.200. The molecule has 0 aliphatic heterocycles. The molecule has 0 spiro atoms. The number of aliphatic hydroxyl groups excluding tert-OH is 1. The zero-order valence-corrected chi connectivity index (χ0v) is 21.5. The van der Waals surface area contributed by atoms with Crippen LogP contribution in [0.4, 0.5) is 15.9 Å². The molecule has 1 saturated carbocycles. The van der Waals surface area contributed by atoms with Crippen LogP contribution < -0.4 is 16.6 Å². The summed E-state index contributed by atoms with van der Waals surface area (Å²) in [4.78, 5) is 30.2. The summed E-state index contributed by atoms with van der Waals surface area (Å²) in [6.07, 6.45) is 5.94. The second kappa shape index (κ2) is 10.4. The van der Waals surface area contributed by atoms with E-state index in [2.05, 4.69) is 21.5 Å². The molecular weight excluding hydrogens is 511 g/mol. The molecule has 0 unspecified atom stereocenters. The zero-order valence-electron chi connectivity index (χ0n) is 21.5. The van der Waals surface area contributed by atoms with Crippen molar-refractivity contribution < 1.29 is 14.3 Å². The van der Waals surface area contributed by atoms with Gasteiger partial charge in [-0.25, -0.2) is 13.9 Å². The Morgan fingerprint density at radius 2 is 1.75 bits per heavy atom. The van der Waals surface area contributed by atoms with Crippen molar-refractivity contribution in [2.24, 2.45) is 0 Å². The molecule has 10 heteroatoms. The highest BCUT2D eigenvalue weighted by molar-refractivity contribution is 6.04. The summed E-state index contributed by atoms with van der Waals surface area (Å²) in [6, 6.07) is 17.8. The molecule has 2 aromatic carbocycles. The number of hydrogen-bond acceptors (Lipinski definition) is 6. The number of carbonyl (C=O) groups excluding carboxylic acids is 1. The van der Waals surface area contributed by atoms with Gasteiger partial charge in [0.25, 0.3) is 11.5 Å².